The number of allylic oxidation sites excluding steroid dienone is 18. The third-order valence-corrected chi connectivity index (χ3v) is 7.56. The Kier molecular flexibility index (Phi) is 37.2. The first kappa shape index (κ1) is 46.6. The first-order chi connectivity index (χ1) is 24.6. The van der Waals surface area contributed by atoms with Crippen LogP contribution in [0.2, 0.25) is 0 Å². The molecule has 0 fully saturated rings. The smallest absolute Gasteiger partial charge is 0.306 e. The Morgan fingerprint density at radius 2 is 0.900 bits per heavy atom. The molecule has 0 saturated heterocycles. The third-order valence-electron chi connectivity index (χ3n) is 7.56. The van der Waals surface area contributed by atoms with Crippen LogP contribution < -0.4 is 0 Å². The van der Waals surface area contributed by atoms with Crippen molar-refractivity contribution in [2.75, 3.05) is 13.2 Å². The molecule has 0 aromatic rings. The van der Waals surface area contributed by atoms with E-state index in [9.17, 15) is 14.7 Å². The van der Waals surface area contributed by atoms with Crippen LogP contribution in [0.4, 0.5) is 0 Å². The molecule has 50 heavy (non-hydrogen) atoms. The molecular formula is C45H70O5. The number of hydrogen-bond donors (Lipinski definition) is 1. The summed E-state index contributed by atoms with van der Waals surface area (Å²) in [5, 5.41) is 9.54. The van der Waals surface area contributed by atoms with Crippen LogP contribution in [-0.2, 0) is 19.1 Å². The Morgan fingerprint density at radius 1 is 0.480 bits per heavy atom. The highest BCUT2D eigenvalue weighted by atomic mass is 16.6. The van der Waals surface area contributed by atoms with Gasteiger partial charge in [-0.2, -0.15) is 0 Å². The van der Waals surface area contributed by atoms with Crippen LogP contribution >= 0.6 is 0 Å². The van der Waals surface area contributed by atoms with Gasteiger partial charge in [0.2, 0.25) is 0 Å². The summed E-state index contributed by atoms with van der Waals surface area (Å²) in [6.07, 6.45) is 57.2. The van der Waals surface area contributed by atoms with Gasteiger partial charge in [0.15, 0.2) is 6.10 Å². The average molecular weight is 691 g/mol. The first-order valence-corrected chi connectivity index (χ1v) is 19.4. The van der Waals surface area contributed by atoms with E-state index in [0.29, 0.717) is 12.8 Å². The minimum Gasteiger partial charge on any atom is -0.462 e. The summed E-state index contributed by atoms with van der Waals surface area (Å²) in [6.45, 7) is 3.88. The number of esters is 2. The minimum atomic E-state index is -0.822. The summed E-state index contributed by atoms with van der Waals surface area (Å²) in [4.78, 5) is 24.2. The summed E-state index contributed by atoms with van der Waals surface area (Å²) < 4.78 is 10.5. The van der Waals surface area contributed by atoms with Gasteiger partial charge in [-0.3, -0.25) is 9.59 Å². The molecule has 0 rings (SSSR count). The molecule has 1 N–H and O–H groups in total. The molecule has 0 aliphatic heterocycles. The third kappa shape index (κ3) is 37.4. The van der Waals surface area contributed by atoms with E-state index in [-0.39, 0.29) is 31.6 Å². The summed E-state index contributed by atoms with van der Waals surface area (Å²) in [7, 11) is 0. The van der Waals surface area contributed by atoms with Gasteiger partial charge in [-0.05, 0) is 89.9 Å². The van der Waals surface area contributed by atoms with Gasteiger partial charge >= 0.3 is 11.9 Å². The van der Waals surface area contributed by atoms with Gasteiger partial charge in [-0.25, -0.2) is 0 Å². The van der Waals surface area contributed by atoms with Crippen molar-refractivity contribution in [3.05, 3.63) is 109 Å². The topological polar surface area (TPSA) is 72.8 Å². The fraction of sp³-hybridized carbons (Fsp3) is 0.556. The fourth-order valence-corrected chi connectivity index (χ4v) is 4.64. The lowest BCUT2D eigenvalue weighted by Gasteiger charge is -2.15. The van der Waals surface area contributed by atoms with Gasteiger partial charge in [0.1, 0.15) is 6.61 Å². The van der Waals surface area contributed by atoms with Gasteiger partial charge in [0.25, 0.3) is 0 Å². The van der Waals surface area contributed by atoms with Crippen molar-refractivity contribution < 1.29 is 24.2 Å². The van der Waals surface area contributed by atoms with Crippen LogP contribution in [0.15, 0.2) is 109 Å². The molecule has 5 heteroatoms. The lowest BCUT2D eigenvalue weighted by molar-refractivity contribution is -0.161. The Morgan fingerprint density at radius 3 is 1.36 bits per heavy atom. The van der Waals surface area contributed by atoms with Crippen molar-refractivity contribution in [2.45, 2.75) is 148 Å². The van der Waals surface area contributed by atoms with Crippen LogP contribution in [0.5, 0.6) is 0 Å². The normalized spacial score (nSPS) is 13.4. The molecule has 0 aliphatic carbocycles. The van der Waals surface area contributed by atoms with Gasteiger partial charge in [0, 0.05) is 12.8 Å². The highest BCUT2D eigenvalue weighted by Crippen LogP contribution is 2.09. The number of aliphatic hydroxyl groups excluding tert-OH is 1. The van der Waals surface area contributed by atoms with Crippen LogP contribution in [0.1, 0.15) is 142 Å². The predicted molar refractivity (Wildman–Crippen MR) is 214 cm³/mol. The maximum atomic E-state index is 12.2. The van der Waals surface area contributed by atoms with Crippen molar-refractivity contribution in [1.29, 1.82) is 0 Å². The van der Waals surface area contributed by atoms with E-state index in [4.69, 9.17) is 9.47 Å². The van der Waals surface area contributed by atoms with Crippen molar-refractivity contribution in [2.24, 2.45) is 0 Å². The number of carbonyl (C=O) groups is 2. The zero-order valence-electron chi connectivity index (χ0n) is 31.6. The molecule has 0 spiro atoms. The Labute approximate surface area is 306 Å². The molecule has 0 aromatic heterocycles. The molecule has 5 nitrogen and oxygen atoms in total. The molecule has 1 atom stereocenters. The van der Waals surface area contributed by atoms with E-state index >= 15 is 0 Å². The zero-order chi connectivity index (χ0) is 36.4. The molecular weight excluding hydrogens is 620 g/mol. The molecule has 0 saturated carbocycles. The SMILES string of the molecule is CCC=CCC=CCC=CCC=CCCCCCCC(=O)O[C@@H](CO)COC(=O)CCC=CCC=CCC=CCC=CCC=CCCCCC. The van der Waals surface area contributed by atoms with Crippen LogP contribution in [0, 0.1) is 0 Å². The standard InChI is InChI=1S/C45H70O5/c1-3-5-7-9-11-13-15-17-19-21-22-24-25-27-29-31-33-35-37-39-44(47)49-42-43(41-46)50-45(48)40-38-36-34-32-30-28-26-23-20-18-16-14-12-10-8-6-4-2/h6,8,11-14,17-20,22,24,26-29,33,35,43,46H,3-5,7,9-10,15-16,21,23,25,30-32,34,36-42H2,1-2H3/t43-/m0/s1. The number of aliphatic hydroxyl groups is 1. The van der Waals surface area contributed by atoms with Gasteiger partial charge in [-0.15, -0.1) is 0 Å². The Balaban J connectivity index is 3.78. The zero-order valence-corrected chi connectivity index (χ0v) is 31.6. The molecule has 0 heterocycles. The highest BCUT2D eigenvalue weighted by Gasteiger charge is 2.15. The number of carbonyl (C=O) groups excluding carboxylic acids is 2. The molecule has 280 valence electrons. The number of hydrogen-bond acceptors (Lipinski definition) is 5. The Bertz CT molecular complexity index is 1050. The molecule has 0 aromatic carbocycles. The lowest BCUT2D eigenvalue weighted by atomic mass is 10.1. The molecule has 0 radical (unpaired) electrons. The molecule has 0 amide bonds. The second-order valence-electron chi connectivity index (χ2n) is 12.3. The number of unbranched alkanes of at least 4 members (excludes halogenated alkanes) is 7. The van der Waals surface area contributed by atoms with E-state index in [1.54, 1.807) is 0 Å². The van der Waals surface area contributed by atoms with Crippen molar-refractivity contribution in [3.63, 3.8) is 0 Å². The van der Waals surface area contributed by atoms with E-state index in [2.05, 4.69) is 111 Å². The summed E-state index contributed by atoms with van der Waals surface area (Å²) in [5.74, 6) is -0.728. The van der Waals surface area contributed by atoms with Crippen LogP contribution in [0.25, 0.3) is 0 Å². The fourth-order valence-electron chi connectivity index (χ4n) is 4.64. The van der Waals surface area contributed by atoms with Crippen molar-refractivity contribution >= 4 is 11.9 Å². The van der Waals surface area contributed by atoms with Gasteiger partial charge in [-0.1, -0.05) is 149 Å². The average Bonchev–Trinajstić information content (AvgIpc) is 3.12. The van der Waals surface area contributed by atoms with E-state index in [1.807, 2.05) is 12.2 Å². The summed E-state index contributed by atoms with van der Waals surface area (Å²) >= 11 is 0. The molecule has 0 unspecified atom stereocenters. The van der Waals surface area contributed by atoms with Crippen LogP contribution in [0.3, 0.4) is 0 Å². The van der Waals surface area contributed by atoms with E-state index < -0.39 is 6.10 Å². The summed E-state index contributed by atoms with van der Waals surface area (Å²) in [5.41, 5.74) is 0. The van der Waals surface area contributed by atoms with Crippen LogP contribution in [-0.4, -0.2) is 36.4 Å². The minimum absolute atomic E-state index is 0.123. The Hall–Kier alpha value is -3.44. The molecule has 0 bridgehead atoms. The second kappa shape index (κ2) is 40.0. The monoisotopic (exact) mass is 691 g/mol. The van der Waals surface area contributed by atoms with Gasteiger partial charge < -0.3 is 14.6 Å². The van der Waals surface area contributed by atoms with E-state index in [0.717, 1.165) is 83.5 Å². The maximum absolute atomic E-state index is 12.2. The second-order valence-corrected chi connectivity index (χ2v) is 12.3. The lowest BCUT2D eigenvalue weighted by Crippen LogP contribution is -2.28. The van der Waals surface area contributed by atoms with Crippen molar-refractivity contribution in [3.8, 4) is 0 Å². The van der Waals surface area contributed by atoms with Crippen molar-refractivity contribution in [1.82, 2.24) is 0 Å². The van der Waals surface area contributed by atoms with Gasteiger partial charge in [0.05, 0.1) is 6.61 Å². The number of ether oxygens (including phenoxy) is 2. The highest BCUT2D eigenvalue weighted by molar-refractivity contribution is 5.70. The maximum Gasteiger partial charge on any atom is 0.306 e. The molecule has 0 aliphatic rings. The quantitative estimate of drug-likeness (QED) is 0.0421. The summed E-state index contributed by atoms with van der Waals surface area (Å²) in [6, 6.07) is 0. The number of rotatable bonds is 33. The van der Waals surface area contributed by atoms with E-state index in [1.165, 1.54) is 25.7 Å². The first-order valence-electron chi connectivity index (χ1n) is 19.4. The predicted octanol–water partition coefficient (Wildman–Crippen LogP) is 12.3. The largest absolute Gasteiger partial charge is 0.462 e.